The van der Waals surface area contributed by atoms with Crippen LogP contribution >= 0.6 is 0 Å². The lowest BCUT2D eigenvalue weighted by Gasteiger charge is -2.36. The van der Waals surface area contributed by atoms with E-state index in [1.807, 2.05) is 0 Å². The molecule has 2 aromatic carbocycles. The van der Waals surface area contributed by atoms with E-state index in [2.05, 4.69) is 101 Å². The Morgan fingerprint density at radius 1 is 0.750 bits per heavy atom. The summed E-state index contributed by atoms with van der Waals surface area (Å²) in [5, 5.41) is 0. The van der Waals surface area contributed by atoms with Crippen molar-refractivity contribution in [3.63, 3.8) is 0 Å². The number of rotatable bonds is 4. The van der Waals surface area contributed by atoms with Crippen molar-refractivity contribution in [1.29, 1.82) is 0 Å². The van der Waals surface area contributed by atoms with Crippen LogP contribution in [0.4, 0.5) is 5.69 Å². The molecular formula is C42H44N2. The van der Waals surface area contributed by atoms with Gasteiger partial charge in [-0.05, 0) is 130 Å². The Labute approximate surface area is 263 Å². The Hall–Kier alpha value is -3.78. The minimum Gasteiger partial charge on any atom is -0.335 e. The van der Waals surface area contributed by atoms with Gasteiger partial charge in [-0.2, -0.15) is 0 Å². The maximum Gasteiger partial charge on any atom is 0.0849 e. The number of hydrogen-bond acceptors (Lipinski definition) is 1. The molecule has 3 unspecified atom stereocenters. The highest BCUT2D eigenvalue weighted by Gasteiger charge is 2.46. The Balaban J connectivity index is 1.22. The molecule has 2 heteroatoms. The van der Waals surface area contributed by atoms with E-state index in [1.165, 1.54) is 98.7 Å². The van der Waals surface area contributed by atoms with Crippen molar-refractivity contribution in [3.8, 4) is 0 Å². The zero-order chi connectivity index (χ0) is 29.0. The van der Waals surface area contributed by atoms with Gasteiger partial charge in [0.2, 0.25) is 0 Å². The van der Waals surface area contributed by atoms with Crippen LogP contribution in [0.2, 0.25) is 0 Å². The van der Waals surface area contributed by atoms with Gasteiger partial charge in [-0.25, -0.2) is 0 Å². The highest BCUT2D eigenvalue weighted by molar-refractivity contribution is 5.83. The molecule has 44 heavy (non-hydrogen) atoms. The van der Waals surface area contributed by atoms with Crippen LogP contribution < -0.4 is 4.90 Å². The van der Waals surface area contributed by atoms with Crippen LogP contribution in [0.1, 0.15) is 116 Å². The molecule has 3 atom stereocenters. The van der Waals surface area contributed by atoms with Gasteiger partial charge in [0.1, 0.15) is 0 Å². The first-order valence-corrected chi connectivity index (χ1v) is 17.5. The molecule has 6 aliphatic rings. The van der Waals surface area contributed by atoms with Crippen molar-refractivity contribution in [1.82, 2.24) is 4.57 Å². The van der Waals surface area contributed by atoms with E-state index in [4.69, 9.17) is 0 Å². The monoisotopic (exact) mass is 576 g/mol. The number of benzene rings is 2. The molecule has 3 aromatic rings. The molecule has 2 heterocycles. The lowest BCUT2D eigenvalue weighted by molar-refractivity contribution is 0.564. The van der Waals surface area contributed by atoms with E-state index in [9.17, 15) is 0 Å². The molecule has 0 saturated carbocycles. The van der Waals surface area contributed by atoms with Crippen LogP contribution in [0.15, 0.2) is 96.2 Å². The highest BCUT2D eigenvalue weighted by atomic mass is 15.2. The lowest BCUT2D eigenvalue weighted by atomic mass is 9.81. The van der Waals surface area contributed by atoms with Crippen LogP contribution in [-0.4, -0.2) is 4.57 Å². The number of fused-ring (bicyclic) bond motifs is 6. The minimum absolute atomic E-state index is 0.341. The van der Waals surface area contributed by atoms with Gasteiger partial charge in [0.05, 0.1) is 11.7 Å². The molecule has 0 fully saturated rings. The molecule has 222 valence electrons. The first-order chi connectivity index (χ1) is 21.8. The fourth-order valence-electron chi connectivity index (χ4n) is 9.44. The van der Waals surface area contributed by atoms with Gasteiger partial charge in [-0.3, -0.25) is 0 Å². The second kappa shape index (κ2) is 11.0. The zero-order valence-corrected chi connectivity index (χ0v) is 26.0. The number of hydrogen-bond donors (Lipinski definition) is 0. The van der Waals surface area contributed by atoms with Gasteiger partial charge in [0, 0.05) is 40.2 Å². The minimum atomic E-state index is 0.341. The highest BCUT2D eigenvalue weighted by Crippen LogP contribution is 2.56. The molecule has 0 saturated heterocycles. The Morgan fingerprint density at radius 3 is 2.55 bits per heavy atom. The fraction of sp³-hybridized carbons (Fsp3) is 0.381. The first kappa shape index (κ1) is 26.6. The normalized spacial score (nSPS) is 25.6. The van der Waals surface area contributed by atoms with Gasteiger partial charge >= 0.3 is 0 Å². The van der Waals surface area contributed by atoms with Crippen LogP contribution in [0.3, 0.4) is 0 Å². The van der Waals surface area contributed by atoms with E-state index in [0.29, 0.717) is 17.9 Å². The summed E-state index contributed by atoms with van der Waals surface area (Å²) < 4.78 is 2.82. The molecular weight excluding hydrogens is 532 g/mol. The molecule has 0 bridgehead atoms. The summed E-state index contributed by atoms with van der Waals surface area (Å²) in [7, 11) is 0. The third-order valence-electron chi connectivity index (χ3n) is 11.4. The number of aromatic nitrogens is 1. The maximum absolute atomic E-state index is 2.84. The molecule has 0 spiro atoms. The molecule has 9 rings (SSSR count). The van der Waals surface area contributed by atoms with Gasteiger partial charge in [-0.1, -0.05) is 72.8 Å². The van der Waals surface area contributed by atoms with Crippen molar-refractivity contribution in [2.45, 2.75) is 95.4 Å². The van der Waals surface area contributed by atoms with E-state index in [1.54, 1.807) is 33.8 Å². The molecule has 0 N–H and O–H groups in total. The average Bonchev–Trinajstić information content (AvgIpc) is 3.62. The van der Waals surface area contributed by atoms with Crippen LogP contribution in [0, 0.1) is 5.92 Å². The zero-order valence-electron chi connectivity index (χ0n) is 26.0. The third-order valence-corrected chi connectivity index (χ3v) is 11.4. The summed E-state index contributed by atoms with van der Waals surface area (Å²) in [6.45, 7) is 0. The van der Waals surface area contributed by atoms with E-state index in [-0.39, 0.29) is 0 Å². The summed E-state index contributed by atoms with van der Waals surface area (Å²) in [4.78, 5) is 2.84. The smallest absolute Gasteiger partial charge is 0.0849 e. The number of allylic oxidation sites excluding steroid dienone is 7. The molecule has 0 amide bonds. The topological polar surface area (TPSA) is 8.17 Å². The van der Waals surface area contributed by atoms with Crippen molar-refractivity contribution in [3.05, 3.63) is 130 Å². The lowest BCUT2D eigenvalue weighted by Crippen LogP contribution is -2.30. The first-order valence-electron chi connectivity index (χ1n) is 17.5. The summed E-state index contributed by atoms with van der Waals surface area (Å²) in [6.07, 6.45) is 31.2. The predicted molar refractivity (Wildman–Crippen MR) is 184 cm³/mol. The second-order valence-corrected chi connectivity index (χ2v) is 13.9. The van der Waals surface area contributed by atoms with Crippen molar-refractivity contribution >= 4 is 23.0 Å². The van der Waals surface area contributed by atoms with Gasteiger partial charge < -0.3 is 9.47 Å². The SMILES string of the molecule is C1=CC(c2cccc(N3C4=C(CCCC4)C4C=Cc5c6c(n(C7=CC(c8ccccc8)=CCC7)c5C43)CCCC6)c2)CCC1. The Morgan fingerprint density at radius 2 is 1.64 bits per heavy atom. The van der Waals surface area contributed by atoms with Gasteiger partial charge in [0.25, 0.3) is 0 Å². The van der Waals surface area contributed by atoms with E-state index >= 15 is 0 Å². The Kier molecular flexibility index (Phi) is 6.64. The third kappa shape index (κ3) is 4.28. The quantitative estimate of drug-likeness (QED) is 0.281. The summed E-state index contributed by atoms with van der Waals surface area (Å²) in [5.74, 6) is 1.02. The number of anilines is 1. The summed E-state index contributed by atoms with van der Waals surface area (Å²) in [6, 6.07) is 21.1. The standard InChI is InChI=1S/C42H44N2/c1-3-13-29(14-4-1)31-17-11-19-33(27-31)43-39-23-9-7-21-35(39)37-25-26-38-36-22-8-10-24-40(36)44(42(38)41(37)43)34-20-12-18-32(28-34)30-15-5-2-6-16-30/h1,3-5,12-15,17-18,20,25-28,30,38,42H,2,6-11,16,19,21-24H2. The molecule has 1 aromatic heterocycles. The largest absolute Gasteiger partial charge is 0.335 e. The molecule has 5 aliphatic carbocycles. The summed E-state index contributed by atoms with van der Waals surface area (Å²) >= 11 is 0. The predicted octanol–water partition coefficient (Wildman–Crippen LogP) is 10.9. The van der Waals surface area contributed by atoms with Crippen molar-refractivity contribution in [2.24, 2.45) is 5.92 Å². The van der Waals surface area contributed by atoms with Crippen LogP contribution in [-0.2, 0) is 12.8 Å². The Bertz CT molecular complexity index is 1760. The van der Waals surface area contributed by atoms with Crippen molar-refractivity contribution < 1.29 is 0 Å². The fourth-order valence-corrected chi connectivity index (χ4v) is 9.44. The van der Waals surface area contributed by atoms with Gasteiger partial charge in [-0.15, -0.1) is 0 Å². The summed E-state index contributed by atoms with van der Waals surface area (Å²) in [5.41, 5.74) is 16.9. The average molecular weight is 577 g/mol. The number of nitrogens with zero attached hydrogens (tertiary/aromatic N) is 2. The van der Waals surface area contributed by atoms with Crippen molar-refractivity contribution in [2.75, 3.05) is 4.90 Å². The van der Waals surface area contributed by atoms with Gasteiger partial charge in [0.15, 0.2) is 0 Å². The van der Waals surface area contributed by atoms with Crippen LogP contribution in [0.25, 0.3) is 17.3 Å². The second-order valence-electron chi connectivity index (χ2n) is 13.9. The van der Waals surface area contributed by atoms with Crippen LogP contribution in [0.5, 0.6) is 0 Å². The maximum atomic E-state index is 2.84. The molecule has 1 aliphatic heterocycles. The van der Waals surface area contributed by atoms with E-state index < -0.39 is 0 Å². The molecule has 2 nitrogen and oxygen atoms in total. The molecule has 0 radical (unpaired) electrons. The van der Waals surface area contributed by atoms with E-state index in [0.717, 1.165) is 12.8 Å².